The topological polar surface area (TPSA) is 82.6 Å². The lowest BCUT2D eigenvalue weighted by Crippen LogP contribution is -2.36. The number of aliphatic imine (C=N–C) groups is 1. The van der Waals surface area contributed by atoms with E-state index in [1.165, 1.54) is 5.56 Å². The maximum absolute atomic E-state index is 5.88. The quantitative estimate of drug-likeness (QED) is 0.493. The van der Waals surface area contributed by atoms with Crippen molar-refractivity contribution >= 4 is 5.96 Å². The van der Waals surface area contributed by atoms with Gasteiger partial charge < -0.3 is 34.3 Å². The molecule has 3 rings (SSSR count). The minimum Gasteiger partial charge on any atom is -0.496 e. The summed E-state index contributed by atoms with van der Waals surface area (Å²) < 4.78 is 27.7. The molecule has 8 nitrogen and oxygen atoms in total. The molecule has 1 heterocycles. The van der Waals surface area contributed by atoms with E-state index in [2.05, 4.69) is 28.6 Å². The number of ether oxygens (including phenoxy) is 5. The highest BCUT2D eigenvalue weighted by molar-refractivity contribution is 5.79. The van der Waals surface area contributed by atoms with Crippen molar-refractivity contribution in [1.29, 1.82) is 0 Å². The molecule has 1 unspecified atom stereocenters. The molecule has 0 bridgehead atoms. The summed E-state index contributed by atoms with van der Waals surface area (Å²) in [7, 11) is 8.20. The van der Waals surface area contributed by atoms with Crippen LogP contribution in [0.1, 0.15) is 23.6 Å². The van der Waals surface area contributed by atoms with Crippen molar-refractivity contribution in [3.05, 3.63) is 41.0 Å². The number of rotatable bonds is 8. The highest BCUT2D eigenvalue weighted by Crippen LogP contribution is 2.38. The lowest BCUT2D eigenvalue weighted by Gasteiger charge is -2.17. The lowest BCUT2D eigenvalue weighted by atomic mass is 10.1. The number of benzene rings is 2. The van der Waals surface area contributed by atoms with Gasteiger partial charge >= 0.3 is 0 Å². The van der Waals surface area contributed by atoms with Gasteiger partial charge in [-0.15, -0.1) is 0 Å². The van der Waals surface area contributed by atoms with Crippen molar-refractivity contribution in [1.82, 2.24) is 10.6 Å². The van der Waals surface area contributed by atoms with Crippen molar-refractivity contribution in [2.24, 2.45) is 4.99 Å². The first kappa shape index (κ1) is 22.4. The summed E-state index contributed by atoms with van der Waals surface area (Å²) in [5, 5.41) is 6.64. The van der Waals surface area contributed by atoms with E-state index < -0.39 is 0 Å². The van der Waals surface area contributed by atoms with E-state index in [0.717, 1.165) is 29.0 Å². The molecule has 0 spiro atoms. The van der Waals surface area contributed by atoms with Crippen molar-refractivity contribution in [3.8, 4) is 28.7 Å². The van der Waals surface area contributed by atoms with Gasteiger partial charge in [0.1, 0.15) is 17.6 Å². The fourth-order valence-electron chi connectivity index (χ4n) is 3.63. The van der Waals surface area contributed by atoms with Crippen LogP contribution < -0.4 is 34.3 Å². The second-order valence-corrected chi connectivity index (χ2v) is 7.22. The molecular weight excluding hydrogens is 398 g/mol. The Bertz CT molecular complexity index is 920. The van der Waals surface area contributed by atoms with Gasteiger partial charge in [-0.2, -0.15) is 0 Å². The largest absolute Gasteiger partial charge is 0.496 e. The molecule has 2 N–H and O–H groups in total. The third kappa shape index (κ3) is 5.07. The molecule has 0 saturated carbocycles. The molecule has 0 radical (unpaired) electrons. The number of guanidine groups is 1. The summed E-state index contributed by atoms with van der Waals surface area (Å²) in [4.78, 5) is 4.31. The van der Waals surface area contributed by atoms with E-state index in [-0.39, 0.29) is 6.10 Å². The fraction of sp³-hybridized carbons (Fsp3) is 0.435. The molecule has 2 aromatic carbocycles. The van der Waals surface area contributed by atoms with Gasteiger partial charge in [0.2, 0.25) is 5.75 Å². The van der Waals surface area contributed by atoms with Gasteiger partial charge in [-0.05, 0) is 36.8 Å². The van der Waals surface area contributed by atoms with Gasteiger partial charge in [0.05, 0.1) is 28.4 Å². The van der Waals surface area contributed by atoms with Crippen molar-refractivity contribution in [2.45, 2.75) is 32.5 Å². The van der Waals surface area contributed by atoms with E-state index in [9.17, 15) is 0 Å². The normalized spacial score (nSPS) is 15.0. The Morgan fingerprint density at radius 1 is 0.935 bits per heavy atom. The predicted molar refractivity (Wildman–Crippen MR) is 120 cm³/mol. The maximum Gasteiger partial charge on any atom is 0.203 e. The molecule has 1 aliphatic heterocycles. The minimum absolute atomic E-state index is 0.191. The van der Waals surface area contributed by atoms with Crippen LogP contribution in [0.4, 0.5) is 0 Å². The van der Waals surface area contributed by atoms with E-state index in [4.69, 9.17) is 23.7 Å². The predicted octanol–water partition coefficient (Wildman–Crippen LogP) is 2.91. The van der Waals surface area contributed by atoms with Crippen LogP contribution in [0.5, 0.6) is 28.7 Å². The molecule has 168 valence electrons. The number of nitrogens with zero attached hydrogens (tertiary/aromatic N) is 1. The average Bonchev–Trinajstić information content (AvgIpc) is 3.16. The Labute approximate surface area is 183 Å². The summed E-state index contributed by atoms with van der Waals surface area (Å²) in [6, 6.07) is 7.91. The van der Waals surface area contributed by atoms with Gasteiger partial charge in [-0.25, -0.2) is 0 Å². The molecule has 0 saturated heterocycles. The van der Waals surface area contributed by atoms with Gasteiger partial charge in [0.15, 0.2) is 17.5 Å². The number of methoxy groups -OCH3 is 4. The summed E-state index contributed by atoms with van der Waals surface area (Å²) >= 11 is 0. The molecule has 0 amide bonds. The van der Waals surface area contributed by atoms with E-state index in [0.29, 0.717) is 36.3 Å². The smallest absolute Gasteiger partial charge is 0.203 e. The van der Waals surface area contributed by atoms with Crippen molar-refractivity contribution in [2.75, 3.05) is 35.5 Å². The summed E-state index contributed by atoms with van der Waals surface area (Å²) in [6.07, 6.45) is 1.09. The van der Waals surface area contributed by atoms with Gasteiger partial charge in [-0.3, -0.25) is 4.99 Å². The van der Waals surface area contributed by atoms with E-state index in [1.807, 2.05) is 18.2 Å². The molecule has 0 aliphatic carbocycles. The van der Waals surface area contributed by atoms with Gasteiger partial charge in [-0.1, -0.05) is 0 Å². The average molecular weight is 430 g/mol. The van der Waals surface area contributed by atoms with Gasteiger partial charge in [0, 0.05) is 37.7 Å². The Kier molecular flexibility index (Phi) is 7.33. The van der Waals surface area contributed by atoms with Crippen LogP contribution in [0.25, 0.3) is 0 Å². The summed E-state index contributed by atoms with van der Waals surface area (Å²) in [5.41, 5.74) is 3.15. The highest BCUT2D eigenvalue weighted by Gasteiger charge is 2.21. The number of nitrogens with one attached hydrogen (secondary N) is 2. The number of fused-ring (bicyclic) bond motifs is 1. The second kappa shape index (κ2) is 10.1. The minimum atomic E-state index is 0.191. The van der Waals surface area contributed by atoms with E-state index >= 15 is 0 Å². The standard InChI is InChI=1S/C23H31N3O5/c1-14-7-16-10-18(27-3)17(11-19(16)31-14)13-26-23(24-2)25-12-15-8-20(28-4)22(30-6)21(9-15)29-5/h8-11,14H,7,12-13H2,1-6H3,(H2,24,25,26). The molecule has 2 aromatic rings. The first-order valence-electron chi connectivity index (χ1n) is 10.1. The van der Waals surface area contributed by atoms with Crippen LogP contribution in [-0.4, -0.2) is 47.6 Å². The zero-order valence-corrected chi connectivity index (χ0v) is 19.0. The van der Waals surface area contributed by atoms with Gasteiger partial charge in [0.25, 0.3) is 0 Å². The first-order valence-corrected chi connectivity index (χ1v) is 10.1. The van der Waals surface area contributed by atoms with Crippen molar-refractivity contribution < 1.29 is 23.7 Å². The highest BCUT2D eigenvalue weighted by atomic mass is 16.5. The molecule has 31 heavy (non-hydrogen) atoms. The molecule has 1 atom stereocenters. The van der Waals surface area contributed by atoms with Crippen LogP contribution in [0.3, 0.4) is 0 Å². The maximum atomic E-state index is 5.88. The van der Waals surface area contributed by atoms with E-state index in [1.54, 1.807) is 35.5 Å². The Morgan fingerprint density at radius 2 is 1.58 bits per heavy atom. The number of hydrogen-bond donors (Lipinski definition) is 2. The second-order valence-electron chi connectivity index (χ2n) is 7.22. The van der Waals surface area contributed by atoms with Crippen LogP contribution in [0.2, 0.25) is 0 Å². The molecule has 8 heteroatoms. The summed E-state index contributed by atoms with van der Waals surface area (Å²) in [5.74, 6) is 4.20. The van der Waals surface area contributed by atoms with Crippen LogP contribution in [0.15, 0.2) is 29.3 Å². The first-order chi connectivity index (χ1) is 15.0. The Hall–Kier alpha value is -3.29. The molecule has 0 aromatic heterocycles. The Balaban J connectivity index is 1.67. The fourth-order valence-corrected chi connectivity index (χ4v) is 3.63. The SMILES string of the molecule is CN=C(NCc1cc(OC)c(OC)c(OC)c1)NCc1cc2c(cc1OC)CC(C)O2. The molecular formula is C23H31N3O5. The molecule has 0 fully saturated rings. The third-order valence-corrected chi connectivity index (χ3v) is 5.15. The lowest BCUT2D eigenvalue weighted by molar-refractivity contribution is 0.254. The van der Waals surface area contributed by atoms with Crippen LogP contribution in [0, 0.1) is 0 Å². The number of hydrogen-bond acceptors (Lipinski definition) is 6. The van der Waals surface area contributed by atoms with Crippen LogP contribution >= 0.6 is 0 Å². The Morgan fingerprint density at radius 3 is 2.16 bits per heavy atom. The monoisotopic (exact) mass is 429 g/mol. The zero-order chi connectivity index (χ0) is 22.4. The zero-order valence-electron chi connectivity index (χ0n) is 19.0. The third-order valence-electron chi connectivity index (χ3n) is 5.15. The van der Waals surface area contributed by atoms with Crippen molar-refractivity contribution in [3.63, 3.8) is 0 Å². The molecule has 1 aliphatic rings. The summed E-state index contributed by atoms with van der Waals surface area (Å²) in [6.45, 7) is 3.14. The van der Waals surface area contributed by atoms with Crippen LogP contribution in [-0.2, 0) is 19.5 Å².